The number of hydrogen-bond acceptors (Lipinski definition) is 4. The standard InChI is InChI=1S/C13H18N4O2/c1-4-12(18)14-9-8-13(19)16-10-6-5-7-11(15-10)17(2)3/h4-7H,1,8-9H2,2-3H3,(H,14,18)(H,15,16,19). The van der Waals surface area contributed by atoms with Crippen molar-refractivity contribution in [3.8, 4) is 0 Å². The van der Waals surface area contributed by atoms with E-state index in [1.54, 1.807) is 6.07 Å². The number of anilines is 2. The van der Waals surface area contributed by atoms with Gasteiger partial charge < -0.3 is 15.5 Å². The van der Waals surface area contributed by atoms with Gasteiger partial charge in [-0.1, -0.05) is 12.6 Å². The molecule has 1 rings (SSSR count). The zero-order valence-electron chi connectivity index (χ0n) is 11.1. The second kappa shape index (κ2) is 7.15. The van der Waals surface area contributed by atoms with Gasteiger partial charge in [-0.15, -0.1) is 0 Å². The maximum atomic E-state index is 11.6. The fourth-order valence-corrected chi connectivity index (χ4v) is 1.32. The second-order valence-electron chi connectivity index (χ2n) is 4.07. The number of carbonyl (C=O) groups excluding carboxylic acids is 2. The fourth-order valence-electron chi connectivity index (χ4n) is 1.32. The predicted molar refractivity (Wildman–Crippen MR) is 75.0 cm³/mol. The highest BCUT2D eigenvalue weighted by molar-refractivity contribution is 5.91. The molecule has 0 aliphatic rings. The highest BCUT2D eigenvalue weighted by atomic mass is 16.2. The minimum absolute atomic E-state index is 0.188. The van der Waals surface area contributed by atoms with E-state index in [0.717, 1.165) is 5.82 Å². The minimum Gasteiger partial charge on any atom is -0.363 e. The van der Waals surface area contributed by atoms with Gasteiger partial charge in [0.05, 0.1) is 0 Å². The van der Waals surface area contributed by atoms with Crippen molar-refractivity contribution in [3.63, 3.8) is 0 Å². The van der Waals surface area contributed by atoms with Gasteiger partial charge in [0.2, 0.25) is 11.8 Å². The number of hydrogen-bond donors (Lipinski definition) is 2. The molecule has 0 unspecified atom stereocenters. The van der Waals surface area contributed by atoms with Gasteiger partial charge in [-0.25, -0.2) is 4.98 Å². The molecule has 0 saturated carbocycles. The van der Waals surface area contributed by atoms with Gasteiger partial charge >= 0.3 is 0 Å². The monoisotopic (exact) mass is 262 g/mol. The maximum Gasteiger partial charge on any atom is 0.243 e. The molecule has 0 spiro atoms. The number of nitrogens with one attached hydrogen (secondary N) is 2. The van der Waals surface area contributed by atoms with E-state index in [4.69, 9.17) is 0 Å². The lowest BCUT2D eigenvalue weighted by molar-refractivity contribution is -0.117. The molecule has 1 aromatic rings. The Morgan fingerprint density at radius 1 is 1.42 bits per heavy atom. The summed E-state index contributed by atoms with van der Waals surface area (Å²) in [6, 6.07) is 5.38. The van der Waals surface area contributed by atoms with Crippen molar-refractivity contribution in [1.82, 2.24) is 10.3 Å². The first-order valence-electron chi connectivity index (χ1n) is 5.87. The third-order valence-corrected chi connectivity index (χ3v) is 2.30. The van der Waals surface area contributed by atoms with E-state index in [1.165, 1.54) is 6.08 Å². The molecule has 0 aliphatic heterocycles. The summed E-state index contributed by atoms with van der Waals surface area (Å²) in [5.41, 5.74) is 0. The smallest absolute Gasteiger partial charge is 0.243 e. The molecule has 0 aliphatic carbocycles. The van der Waals surface area contributed by atoms with Crippen LogP contribution in [0.3, 0.4) is 0 Å². The zero-order chi connectivity index (χ0) is 14.3. The SMILES string of the molecule is C=CC(=O)NCCC(=O)Nc1cccc(N(C)C)n1. The molecule has 2 amide bonds. The summed E-state index contributed by atoms with van der Waals surface area (Å²) in [4.78, 5) is 28.6. The average Bonchev–Trinajstić information content (AvgIpc) is 2.38. The topological polar surface area (TPSA) is 74.3 Å². The Bertz CT molecular complexity index is 471. The van der Waals surface area contributed by atoms with Crippen molar-refractivity contribution < 1.29 is 9.59 Å². The summed E-state index contributed by atoms with van der Waals surface area (Å²) in [5, 5.41) is 5.21. The molecule has 0 bridgehead atoms. The summed E-state index contributed by atoms with van der Waals surface area (Å²) in [7, 11) is 3.75. The molecular weight excluding hydrogens is 244 g/mol. The predicted octanol–water partition coefficient (Wildman–Crippen LogP) is 0.778. The Hall–Kier alpha value is -2.37. The number of carbonyl (C=O) groups is 2. The molecule has 0 atom stereocenters. The third-order valence-electron chi connectivity index (χ3n) is 2.30. The fraction of sp³-hybridized carbons (Fsp3) is 0.308. The summed E-state index contributed by atoms with van der Waals surface area (Å²) >= 11 is 0. The van der Waals surface area contributed by atoms with Crippen LogP contribution in [0.25, 0.3) is 0 Å². The maximum absolute atomic E-state index is 11.6. The zero-order valence-corrected chi connectivity index (χ0v) is 11.1. The van der Waals surface area contributed by atoms with Crippen LogP contribution < -0.4 is 15.5 Å². The van der Waals surface area contributed by atoms with Gasteiger partial charge in [0, 0.05) is 27.1 Å². The highest BCUT2D eigenvalue weighted by Gasteiger charge is 2.05. The van der Waals surface area contributed by atoms with E-state index in [0.29, 0.717) is 5.82 Å². The van der Waals surface area contributed by atoms with Crippen molar-refractivity contribution in [1.29, 1.82) is 0 Å². The summed E-state index contributed by atoms with van der Waals surface area (Å²) < 4.78 is 0. The Morgan fingerprint density at radius 3 is 2.79 bits per heavy atom. The van der Waals surface area contributed by atoms with Gasteiger partial charge in [-0.05, 0) is 18.2 Å². The minimum atomic E-state index is -0.291. The molecule has 102 valence electrons. The number of nitrogens with zero attached hydrogens (tertiary/aromatic N) is 2. The molecule has 1 heterocycles. The van der Waals surface area contributed by atoms with E-state index in [9.17, 15) is 9.59 Å². The molecule has 0 radical (unpaired) electrons. The van der Waals surface area contributed by atoms with Crippen molar-refractivity contribution in [2.45, 2.75) is 6.42 Å². The van der Waals surface area contributed by atoms with Crippen LogP contribution in [-0.4, -0.2) is 37.4 Å². The molecule has 0 aromatic carbocycles. The van der Waals surface area contributed by atoms with Crippen LogP contribution in [0.5, 0.6) is 0 Å². The first-order chi connectivity index (χ1) is 9.02. The Balaban J connectivity index is 2.46. The number of amides is 2. The van der Waals surface area contributed by atoms with E-state index >= 15 is 0 Å². The van der Waals surface area contributed by atoms with Gasteiger partial charge in [0.25, 0.3) is 0 Å². The summed E-state index contributed by atoms with van der Waals surface area (Å²) in [6.45, 7) is 3.59. The third kappa shape index (κ3) is 5.20. The van der Waals surface area contributed by atoms with Crippen LogP contribution in [0.1, 0.15) is 6.42 Å². The first kappa shape index (κ1) is 14.7. The summed E-state index contributed by atoms with van der Waals surface area (Å²) in [6.07, 6.45) is 1.35. The normalized spacial score (nSPS) is 9.58. The van der Waals surface area contributed by atoms with Crippen molar-refractivity contribution in [3.05, 3.63) is 30.9 Å². The van der Waals surface area contributed by atoms with E-state index in [2.05, 4.69) is 22.2 Å². The second-order valence-corrected chi connectivity index (χ2v) is 4.07. The van der Waals surface area contributed by atoms with Crippen molar-refractivity contribution in [2.24, 2.45) is 0 Å². The van der Waals surface area contributed by atoms with Gasteiger partial charge in [0.1, 0.15) is 11.6 Å². The molecule has 6 heteroatoms. The van der Waals surface area contributed by atoms with Crippen LogP contribution in [0.2, 0.25) is 0 Å². The average molecular weight is 262 g/mol. The largest absolute Gasteiger partial charge is 0.363 e. The van der Waals surface area contributed by atoms with Crippen molar-refractivity contribution in [2.75, 3.05) is 30.9 Å². The molecule has 1 aromatic heterocycles. The van der Waals surface area contributed by atoms with Gasteiger partial charge in [-0.3, -0.25) is 9.59 Å². The summed E-state index contributed by atoms with van der Waals surface area (Å²) in [5.74, 6) is 0.761. The Labute approximate surface area is 112 Å². The van der Waals surface area contributed by atoms with E-state index in [1.807, 2.05) is 31.1 Å². The van der Waals surface area contributed by atoms with Gasteiger partial charge in [-0.2, -0.15) is 0 Å². The lowest BCUT2D eigenvalue weighted by atomic mass is 10.3. The van der Waals surface area contributed by atoms with Crippen LogP contribution >= 0.6 is 0 Å². The number of aromatic nitrogens is 1. The molecular formula is C13H18N4O2. The van der Waals surface area contributed by atoms with Crippen LogP contribution in [0, 0.1) is 0 Å². The molecule has 19 heavy (non-hydrogen) atoms. The van der Waals surface area contributed by atoms with Crippen LogP contribution in [0.4, 0.5) is 11.6 Å². The molecule has 2 N–H and O–H groups in total. The number of pyridine rings is 1. The lowest BCUT2D eigenvalue weighted by Gasteiger charge is -2.12. The van der Waals surface area contributed by atoms with Gasteiger partial charge in [0.15, 0.2) is 0 Å². The molecule has 0 saturated heterocycles. The van der Waals surface area contributed by atoms with E-state index in [-0.39, 0.29) is 24.8 Å². The van der Waals surface area contributed by atoms with Crippen LogP contribution in [0.15, 0.2) is 30.9 Å². The first-order valence-corrected chi connectivity index (χ1v) is 5.87. The number of rotatable bonds is 6. The van der Waals surface area contributed by atoms with Crippen LogP contribution in [-0.2, 0) is 9.59 Å². The Morgan fingerprint density at radius 2 is 2.16 bits per heavy atom. The van der Waals surface area contributed by atoms with E-state index < -0.39 is 0 Å². The highest BCUT2D eigenvalue weighted by Crippen LogP contribution is 2.11. The quantitative estimate of drug-likeness (QED) is 0.743. The lowest BCUT2D eigenvalue weighted by Crippen LogP contribution is -2.26. The molecule has 6 nitrogen and oxygen atoms in total. The van der Waals surface area contributed by atoms with Crippen molar-refractivity contribution >= 4 is 23.5 Å². The Kier molecular flexibility index (Phi) is 5.53. The molecule has 0 fully saturated rings.